The van der Waals surface area contributed by atoms with Crippen LogP contribution in [0.25, 0.3) is 11.1 Å². The van der Waals surface area contributed by atoms with Crippen LogP contribution in [-0.2, 0) is 0 Å². The Bertz CT molecular complexity index is 1680. The van der Waals surface area contributed by atoms with E-state index in [1.54, 1.807) is 12.1 Å². The number of hydrogen-bond acceptors (Lipinski definition) is 2. The summed E-state index contributed by atoms with van der Waals surface area (Å²) in [4.78, 5) is 0. The standard InChI is InChI=1S/C26H20O.C14H14O/c27-24-19-11-10-18-23(24)26(22-16-8-3-9-17-22)25(20-12-4-1-5-13-20)21-14-6-2-7-15-21;1-11(12-7-3-2-4-8-12)13-9-5-6-10-14(13)15/h1-19,27H;2-11,15H,1H3. The molecule has 206 valence electrons. The first-order chi connectivity index (χ1) is 20.6. The zero-order valence-corrected chi connectivity index (χ0v) is 23.6. The molecule has 0 bridgehead atoms. The molecule has 6 aromatic rings. The normalized spacial score (nSPS) is 11.1. The predicted octanol–water partition coefficient (Wildman–Crippen LogP) is 9.94. The average molecular weight is 547 g/mol. The fourth-order valence-corrected chi connectivity index (χ4v) is 5.16. The quantitative estimate of drug-likeness (QED) is 0.204. The molecule has 0 saturated carbocycles. The van der Waals surface area contributed by atoms with Gasteiger partial charge in [-0.2, -0.15) is 0 Å². The maximum atomic E-state index is 10.7. The highest BCUT2D eigenvalue weighted by Gasteiger charge is 2.18. The Morgan fingerprint density at radius 2 is 0.786 bits per heavy atom. The molecule has 6 aromatic carbocycles. The van der Waals surface area contributed by atoms with Crippen molar-refractivity contribution in [3.8, 4) is 11.5 Å². The second-order valence-corrected chi connectivity index (χ2v) is 10.1. The minimum absolute atomic E-state index is 0.229. The minimum Gasteiger partial charge on any atom is -0.508 e. The summed E-state index contributed by atoms with van der Waals surface area (Å²) >= 11 is 0. The molecule has 42 heavy (non-hydrogen) atoms. The van der Waals surface area contributed by atoms with Crippen molar-refractivity contribution in [1.82, 2.24) is 0 Å². The number of phenolic OH excluding ortho intramolecular Hbond substituents is 2. The Balaban J connectivity index is 0.000000199. The second-order valence-electron chi connectivity index (χ2n) is 10.1. The molecule has 0 amide bonds. The zero-order chi connectivity index (χ0) is 29.1. The third-order valence-electron chi connectivity index (χ3n) is 7.31. The van der Waals surface area contributed by atoms with E-state index < -0.39 is 0 Å². The van der Waals surface area contributed by atoms with Crippen LogP contribution in [0.4, 0.5) is 0 Å². The highest BCUT2D eigenvalue weighted by Crippen LogP contribution is 2.39. The lowest BCUT2D eigenvalue weighted by Crippen LogP contribution is -1.97. The Labute approximate surface area is 248 Å². The van der Waals surface area contributed by atoms with Crippen molar-refractivity contribution < 1.29 is 10.2 Å². The highest BCUT2D eigenvalue weighted by atomic mass is 16.3. The molecule has 0 aliphatic rings. The number of benzene rings is 6. The lowest BCUT2D eigenvalue weighted by molar-refractivity contribution is 0.466. The van der Waals surface area contributed by atoms with Crippen LogP contribution in [0, 0.1) is 0 Å². The summed E-state index contributed by atoms with van der Waals surface area (Å²) in [6.45, 7) is 2.10. The lowest BCUT2D eigenvalue weighted by Gasteiger charge is -2.18. The second kappa shape index (κ2) is 13.8. The van der Waals surface area contributed by atoms with Gasteiger partial charge in [-0.3, -0.25) is 0 Å². The number of hydrogen-bond donors (Lipinski definition) is 2. The molecular weight excluding hydrogens is 512 g/mol. The molecule has 0 heterocycles. The first-order valence-electron chi connectivity index (χ1n) is 14.1. The summed E-state index contributed by atoms with van der Waals surface area (Å²) in [6, 6.07) is 56.2. The largest absolute Gasteiger partial charge is 0.508 e. The van der Waals surface area contributed by atoms with E-state index >= 15 is 0 Å². The molecular formula is C40H34O2. The maximum absolute atomic E-state index is 10.7. The van der Waals surface area contributed by atoms with E-state index in [0.29, 0.717) is 5.75 Å². The molecule has 1 unspecified atom stereocenters. The number of para-hydroxylation sites is 2. The Kier molecular flexibility index (Phi) is 9.28. The van der Waals surface area contributed by atoms with E-state index in [9.17, 15) is 10.2 Å². The summed E-state index contributed by atoms with van der Waals surface area (Å²) in [6.07, 6.45) is 0. The molecule has 1 atom stereocenters. The van der Waals surface area contributed by atoms with Gasteiger partial charge in [0.2, 0.25) is 0 Å². The number of aromatic hydroxyl groups is 2. The molecule has 0 spiro atoms. The monoisotopic (exact) mass is 546 g/mol. The third kappa shape index (κ3) is 6.68. The van der Waals surface area contributed by atoms with Gasteiger partial charge in [0.1, 0.15) is 11.5 Å². The van der Waals surface area contributed by atoms with E-state index in [-0.39, 0.29) is 11.7 Å². The molecule has 6 rings (SSSR count). The van der Waals surface area contributed by atoms with Crippen LogP contribution in [0.2, 0.25) is 0 Å². The predicted molar refractivity (Wildman–Crippen MR) is 175 cm³/mol. The fourth-order valence-electron chi connectivity index (χ4n) is 5.16. The van der Waals surface area contributed by atoms with Crippen LogP contribution in [0.1, 0.15) is 46.2 Å². The van der Waals surface area contributed by atoms with Gasteiger partial charge in [-0.05, 0) is 40.0 Å². The number of phenols is 2. The van der Waals surface area contributed by atoms with Crippen LogP contribution in [-0.4, -0.2) is 10.2 Å². The highest BCUT2D eigenvalue weighted by molar-refractivity contribution is 6.05. The molecule has 2 nitrogen and oxygen atoms in total. The molecule has 0 fully saturated rings. The van der Waals surface area contributed by atoms with Gasteiger partial charge in [0.05, 0.1) is 0 Å². The van der Waals surface area contributed by atoms with E-state index in [1.807, 2.05) is 109 Å². The molecule has 0 saturated heterocycles. The van der Waals surface area contributed by atoms with Gasteiger partial charge in [-0.15, -0.1) is 0 Å². The summed E-state index contributed by atoms with van der Waals surface area (Å²) in [7, 11) is 0. The molecule has 0 aliphatic carbocycles. The molecule has 2 N–H and O–H groups in total. The Hall–Kier alpha value is -5.34. The first-order valence-corrected chi connectivity index (χ1v) is 14.1. The van der Waals surface area contributed by atoms with Gasteiger partial charge < -0.3 is 10.2 Å². The van der Waals surface area contributed by atoms with Gasteiger partial charge in [0, 0.05) is 22.6 Å². The van der Waals surface area contributed by atoms with Crippen molar-refractivity contribution in [3.05, 3.63) is 203 Å². The molecule has 0 aromatic heterocycles. The Morgan fingerprint density at radius 3 is 1.26 bits per heavy atom. The minimum atomic E-state index is 0.229. The van der Waals surface area contributed by atoms with Crippen molar-refractivity contribution in [1.29, 1.82) is 0 Å². The number of rotatable bonds is 6. The van der Waals surface area contributed by atoms with Crippen molar-refractivity contribution in [2.24, 2.45) is 0 Å². The van der Waals surface area contributed by atoms with E-state index in [4.69, 9.17) is 0 Å². The van der Waals surface area contributed by atoms with Gasteiger partial charge >= 0.3 is 0 Å². The van der Waals surface area contributed by atoms with Gasteiger partial charge in [-0.1, -0.05) is 165 Å². The van der Waals surface area contributed by atoms with Crippen molar-refractivity contribution in [2.45, 2.75) is 12.8 Å². The van der Waals surface area contributed by atoms with Crippen LogP contribution >= 0.6 is 0 Å². The van der Waals surface area contributed by atoms with E-state index in [2.05, 4.69) is 55.5 Å². The summed E-state index contributed by atoms with van der Waals surface area (Å²) in [5.41, 5.74) is 8.45. The van der Waals surface area contributed by atoms with Gasteiger partial charge in [0.25, 0.3) is 0 Å². The van der Waals surface area contributed by atoms with Gasteiger partial charge in [0.15, 0.2) is 0 Å². The lowest BCUT2D eigenvalue weighted by atomic mass is 9.85. The third-order valence-corrected chi connectivity index (χ3v) is 7.31. The maximum Gasteiger partial charge on any atom is 0.123 e. The van der Waals surface area contributed by atoms with Crippen molar-refractivity contribution >= 4 is 11.1 Å². The molecule has 2 heteroatoms. The van der Waals surface area contributed by atoms with Crippen molar-refractivity contribution in [2.75, 3.05) is 0 Å². The van der Waals surface area contributed by atoms with Crippen LogP contribution in [0.15, 0.2) is 170 Å². The summed E-state index contributed by atoms with van der Waals surface area (Å²) < 4.78 is 0. The molecule has 0 aliphatic heterocycles. The smallest absolute Gasteiger partial charge is 0.123 e. The van der Waals surface area contributed by atoms with Crippen LogP contribution in [0.3, 0.4) is 0 Å². The van der Waals surface area contributed by atoms with E-state index in [1.165, 1.54) is 5.56 Å². The summed E-state index contributed by atoms with van der Waals surface area (Å²) in [5, 5.41) is 20.4. The Morgan fingerprint density at radius 1 is 0.405 bits per heavy atom. The van der Waals surface area contributed by atoms with Crippen molar-refractivity contribution in [3.63, 3.8) is 0 Å². The van der Waals surface area contributed by atoms with E-state index in [0.717, 1.165) is 39.0 Å². The summed E-state index contributed by atoms with van der Waals surface area (Å²) in [5.74, 6) is 0.877. The molecule has 0 radical (unpaired) electrons. The SMILES string of the molecule is CC(c1ccccc1)c1ccccc1O.Oc1ccccc1C(=C(c1ccccc1)c1ccccc1)c1ccccc1. The van der Waals surface area contributed by atoms with Crippen LogP contribution in [0.5, 0.6) is 11.5 Å². The average Bonchev–Trinajstić information content (AvgIpc) is 3.06. The topological polar surface area (TPSA) is 40.5 Å². The zero-order valence-electron chi connectivity index (χ0n) is 23.6. The van der Waals surface area contributed by atoms with Crippen LogP contribution < -0.4 is 0 Å². The fraction of sp³-hybridized carbons (Fsp3) is 0.0500. The van der Waals surface area contributed by atoms with Gasteiger partial charge in [-0.25, -0.2) is 0 Å². The first kappa shape index (κ1) is 28.2.